The molecule has 3 aromatic carbocycles. The number of tetrazole rings is 1. The number of aryl methyl sites for hydroxylation is 1. The molecule has 0 atom stereocenters. The van der Waals surface area contributed by atoms with Crippen LogP contribution in [0.3, 0.4) is 0 Å². The number of aromatic nitrogens is 4. The summed E-state index contributed by atoms with van der Waals surface area (Å²) in [6, 6.07) is 25.3. The van der Waals surface area contributed by atoms with Crippen molar-refractivity contribution in [2.75, 3.05) is 6.26 Å². The van der Waals surface area contributed by atoms with E-state index in [4.69, 9.17) is 0 Å². The predicted octanol–water partition coefficient (Wildman–Crippen LogP) is 5.09. The average molecular weight is 372 g/mol. The summed E-state index contributed by atoms with van der Waals surface area (Å²) >= 11 is 1.74. The molecule has 0 amide bonds. The van der Waals surface area contributed by atoms with Crippen LogP contribution < -0.4 is 0 Å². The van der Waals surface area contributed by atoms with Crippen molar-refractivity contribution in [1.82, 2.24) is 20.2 Å². The summed E-state index contributed by atoms with van der Waals surface area (Å²) in [5.74, 6) is 0.784. The van der Waals surface area contributed by atoms with Gasteiger partial charge >= 0.3 is 0 Å². The maximum absolute atomic E-state index is 4.34. The van der Waals surface area contributed by atoms with E-state index < -0.39 is 0 Å². The lowest BCUT2D eigenvalue weighted by Gasteiger charge is -2.12. The highest BCUT2D eigenvalue weighted by Gasteiger charge is 2.15. The summed E-state index contributed by atoms with van der Waals surface area (Å²) in [5, 5.41) is 12.5. The number of nitrogens with zero attached hydrogens (tertiary/aromatic N) is 4. The zero-order chi connectivity index (χ0) is 18.6. The molecule has 0 saturated heterocycles. The third-order valence-corrected chi connectivity index (χ3v) is 5.27. The smallest absolute Gasteiger partial charge is 0.182 e. The van der Waals surface area contributed by atoms with Gasteiger partial charge in [0.2, 0.25) is 0 Å². The van der Waals surface area contributed by atoms with Crippen molar-refractivity contribution in [2.45, 2.75) is 18.4 Å². The van der Waals surface area contributed by atoms with Crippen molar-refractivity contribution < 1.29 is 0 Å². The van der Waals surface area contributed by atoms with Gasteiger partial charge in [-0.1, -0.05) is 60.2 Å². The largest absolute Gasteiger partial charge is 0.221 e. The van der Waals surface area contributed by atoms with Gasteiger partial charge in [0.25, 0.3) is 0 Å². The van der Waals surface area contributed by atoms with Gasteiger partial charge in [-0.05, 0) is 58.5 Å². The van der Waals surface area contributed by atoms with E-state index in [0.717, 1.165) is 22.5 Å². The minimum atomic E-state index is 0.641. The van der Waals surface area contributed by atoms with Crippen LogP contribution >= 0.6 is 11.8 Å². The third-order valence-electron chi connectivity index (χ3n) is 4.52. The van der Waals surface area contributed by atoms with Crippen molar-refractivity contribution >= 4 is 11.8 Å². The predicted molar refractivity (Wildman–Crippen MR) is 111 cm³/mol. The monoisotopic (exact) mass is 372 g/mol. The summed E-state index contributed by atoms with van der Waals surface area (Å²) in [7, 11) is 0. The standard InChI is InChI=1S/C22H20N4S/c1-16-8-13-20(18-9-11-19(27-2)12-10-18)21(14-16)22-23-24-25-26(22)15-17-6-4-3-5-7-17/h3-14H,15H2,1-2H3. The van der Waals surface area contributed by atoms with Gasteiger partial charge in [-0.25, -0.2) is 4.68 Å². The van der Waals surface area contributed by atoms with E-state index in [1.54, 1.807) is 11.8 Å². The van der Waals surface area contributed by atoms with Crippen LogP contribution in [0, 0.1) is 6.92 Å². The van der Waals surface area contributed by atoms with Crippen molar-refractivity contribution in [3.05, 3.63) is 83.9 Å². The van der Waals surface area contributed by atoms with Crippen molar-refractivity contribution in [2.24, 2.45) is 0 Å². The van der Waals surface area contributed by atoms with Crippen LogP contribution in [0.4, 0.5) is 0 Å². The van der Waals surface area contributed by atoms with E-state index in [-0.39, 0.29) is 0 Å². The molecule has 5 heteroatoms. The molecule has 0 aliphatic rings. The first-order valence-electron chi connectivity index (χ1n) is 8.80. The lowest BCUT2D eigenvalue weighted by atomic mass is 9.97. The Balaban J connectivity index is 1.78. The van der Waals surface area contributed by atoms with E-state index in [1.165, 1.54) is 16.0 Å². The first kappa shape index (κ1) is 17.5. The summed E-state index contributed by atoms with van der Waals surface area (Å²) < 4.78 is 1.86. The molecule has 0 aliphatic carbocycles. The van der Waals surface area contributed by atoms with Gasteiger partial charge in [0.15, 0.2) is 5.82 Å². The molecule has 0 unspecified atom stereocenters. The summed E-state index contributed by atoms with van der Waals surface area (Å²) in [6.07, 6.45) is 2.09. The Morgan fingerprint density at radius 3 is 2.41 bits per heavy atom. The Morgan fingerprint density at radius 1 is 0.889 bits per heavy atom. The first-order valence-corrected chi connectivity index (χ1v) is 10.0. The zero-order valence-corrected chi connectivity index (χ0v) is 16.1. The molecule has 0 bridgehead atoms. The first-order chi connectivity index (χ1) is 13.2. The fourth-order valence-electron chi connectivity index (χ4n) is 3.13. The van der Waals surface area contributed by atoms with Gasteiger partial charge in [0.05, 0.1) is 6.54 Å². The Kier molecular flexibility index (Phi) is 5.03. The molecule has 1 aromatic heterocycles. The Morgan fingerprint density at radius 2 is 1.67 bits per heavy atom. The van der Waals surface area contributed by atoms with Crippen LogP contribution in [0.1, 0.15) is 11.1 Å². The van der Waals surface area contributed by atoms with E-state index in [2.05, 4.69) is 83.3 Å². The number of rotatable bonds is 5. The lowest BCUT2D eigenvalue weighted by Crippen LogP contribution is -2.05. The average Bonchev–Trinajstić information content (AvgIpc) is 3.17. The molecule has 134 valence electrons. The molecule has 0 N–H and O–H groups in total. The zero-order valence-electron chi connectivity index (χ0n) is 15.3. The van der Waals surface area contributed by atoms with E-state index in [9.17, 15) is 0 Å². The normalized spacial score (nSPS) is 10.9. The summed E-state index contributed by atoms with van der Waals surface area (Å²) in [5.41, 5.74) is 5.70. The number of thioether (sulfide) groups is 1. The van der Waals surface area contributed by atoms with E-state index in [0.29, 0.717) is 6.54 Å². The lowest BCUT2D eigenvalue weighted by molar-refractivity contribution is 0.653. The van der Waals surface area contributed by atoms with Crippen molar-refractivity contribution in [1.29, 1.82) is 0 Å². The van der Waals surface area contributed by atoms with Gasteiger partial charge in [0.1, 0.15) is 0 Å². The highest BCUT2D eigenvalue weighted by atomic mass is 32.2. The van der Waals surface area contributed by atoms with Crippen LogP contribution in [0.5, 0.6) is 0 Å². The third kappa shape index (κ3) is 3.78. The molecular formula is C22H20N4S. The van der Waals surface area contributed by atoms with Crippen molar-refractivity contribution in [3.8, 4) is 22.5 Å². The number of hydrogen-bond donors (Lipinski definition) is 0. The minimum absolute atomic E-state index is 0.641. The Hall–Kier alpha value is -2.92. The number of benzene rings is 3. The highest BCUT2D eigenvalue weighted by molar-refractivity contribution is 7.98. The van der Waals surface area contributed by atoms with Crippen LogP contribution in [0.25, 0.3) is 22.5 Å². The number of hydrogen-bond acceptors (Lipinski definition) is 4. The van der Waals surface area contributed by atoms with Crippen molar-refractivity contribution in [3.63, 3.8) is 0 Å². The van der Waals surface area contributed by atoms with Gasteiger partial charge in [-0.15, -0.1) is 16.9 Å². The molecule has 1 heterocycles. The molecular weight excluding hydrogens is 352 g/mol. The van der Waals surface area contributed by atoms with Gasteiger partial charge < -0.3 is 0 Å². The second-order valence-corrected chi connectivity index (χ2v) is 7.30. The Labute approximate surface area is 163 Å². The Bertz CT molecular complexity index is 1040. The summed E-state index contributed by atoms with van der Waals surface area (Å²) in [6.45, 7) is 2.73. The van der Waals surface area contributed by atoms with Crippen LogP contribution in [-0.4, -0.2) is 26.5 Å². The molecule has 0 spiro atoms. The molecule has 0 fully saturated rings. The molecule has 0 radical (unpaired) electrons. The van der Waals surface area contributed by atoms with Crippen LogP contribution in [0.2, 0.25) is 0 Å². The second kappa shape index (κ2) is 7.76. The second-order valence-electron chi connectivity index (χ2n) is 6.42. The van der Waals surface area contributed by atoms with Crippen LogP contribution in [-0.2, 0) is 6.54 Å². The molecule has 4 aromatic rings. The molecule has 4 rings (SSSR count). The summed E-state index contributed by atoms with van der Waals surface area (Å²) in [4.78, 5) is 1.25. The fourth-order valence-corrected chi connectivity index (χ4v) is 3.53. The molecule has 0 aliphatic heterocycles. The topological polar surface area (TPSA) is 43.6 Å². The molecule has 27 heavy (non-hydrogen) atoms. The molecule has 4 nitrogen and oxygen atoms in total. The SMILES string of the molecule is CSc1ccc(-c2ccc(C)cc2-c2nnnn2Cc2ccccc2)cc1. The molecule has 0 saturated carbocycles. The van der Waals surface area contributed by atoms with Gasteiger partial charge in [-0.2, -0.15) is 0 Å². The van der Waals surface area contributed by atoms with E-state index >= 15 is 0 Å². The van der Waals surface area contributed by atoms with Crippen LogP contribution in [0.15, 0.2) is 77.7 Å². The maximum atomic E-state index is 4.34. The quantitative estimate of drug-likeness (QED) is 0.458. The van der Waals surface area contributed by atoms with Gasteiger partial charge in [-0.3, -0.25) is 0 Å². The van der Waals surface area contributed by atoms with E-state index in [1.807, 2.05) is 22.9 Å². The minimum Gasteiger partial charge on any atom is -0.221 e. The maximum Gasteiger partial charge on any atom is 0.182 e. The highest BCUT2D eigenvalue weighted by Crippen LogP contribution is 2.32. The fraction of sp³-hybridized carbons (Fsp3) is 0.136. The van der Waals surface area contributed by atoms with Gasteiger partial charge in [0, 0.05) is 10.5 Å².